The highest BCUT2D eigenvalue weighted by molar-refractivity contribution is 6.33. The normalized spacial score (nSPS) is 12.0. The molecular formula is C30H33N. The van der Waals surface area contributed by atoms with Crippen LogP contribution in [0.3, 0.4) is 0 Å². The van der Waals surface area contributed by atoms with Crippen LogP contribution in [-0.2, 0) is 6.42 Å². The molecule has 0 radical (unpaired) electrons. The Hall–Kier alpha value is -2.80. The molecule has 0 aliphatic heterocycles. The Morgan fingerprint density at radius 3 is 1.94 bits per heavy atom. The first kappa shape index (κ1) is 20.1. The van der Waals surface area contributed by atoms with Crippen LogP contribution in [0.2, 0.25) is 0 Å². The van der Waals surface area contributed by atoms with Crippen LogP contribution in [0.4, 0.5) is 5.69 Å². The third kappa shape index (κ3) is 3.71. The fourth-order valence-electron chi connectivity index (χ4n) is 5.46. The van der Waals surface area contributed by atoms with Crippen molar-refractivity contribution in [3.05, 3.63) is 66.2 Å². The van der Waals surface area contributed by atoms with E-state index in [4.69, 9.17) is 5.73 Å². The first-order chi connectivity index (χ1) is 15.3. The van der Waals surface area contributed by atoms with Gasteiger partial charge in [-0.1, -0.05) is 100 Å². The first-order valence-electron chi connectivity index (χ1n) is 12.2. The van der Waals surface area contributed by atoms with Crippen LogP contribution in [0, 0.1) is 0 Å². The molecule has 0 bridgehead atoms. The maximum atomic E-state index is 6.43. The monoisotopic (exact) mass is 407 g/mol. The van der Waals surface area contributed by atoms with Gasteiger partial charge in [0.25, 0.3) is 0 Å². The summed E-state index contributed by atoms with van der Waals surface area (Å²) in [6, 6.07) is 22.4. The maximum Gasteiger partial charge on any atom is 0.0326 e. The molecule has 0 atom stereocenters. The number of hydrogen-bond acceptors (Lipinski definition) is 1. The Morgan fingerprint density at radius 2 is 1.19 bits per heavy atom. The van der Waals surface area contributed by atoms with Crippen LogP contribution >= 0.6 is 0 Å². The van der Waals surface area contributed by atoms with Crippen molar-refractivity contribution in [2.75, 3.05) is 5.73 Å². The molecule has 5 aromatic rings. The van der Waals surface area contributed by atoms with Gasteiger partial charge < -0.3 is 5.73 Å². The third-order valence-corrected chi connectivity index (χ3v) is 7.01. The van der Waals surface area contributed by atoms with Crippen LogP contribution in [0.15, 0.2) is 60.7 Å². The van der Waals surface area contributed by atoms with Gasteiger partial charge in [0.05, 0.1) is 0 Å². The molecule has 1 nitrogen and oxygen atoms in total. The molecule has 0 amide bonds. The van der Waals surface area contributed by atoms with Crippen LogP contribution in [-0.4, -0.2) is 0 Å². The van der Waals surface area contributed by atoms with Gasteiger partial charge in [0.1, 0.15) is 0 Å². The third-order valence-electron chi connectivity index (χ3n) is 7.01. The molecule has 2 N–H and O–H groups in total. The maximum absolute atomic E-state index is 6.43. The minimum atomic E-state index is 0.869. The minimum absolute atomic E-state index is 0.869. The van der Waals surface area contributed by atoms with E-state index in [1.165, 1.54) is 100 Å². The molecule has 0 fully saturated rings. The van der Waals surface area contributed by atoms with Crippen molar-refractivity contribution in [3.8, 4) is 0 Å². The molecule has 1 heteroatoms. The molecule has 0 unspecified atom stereocenters. The molecule has 0 heterocycles. The average molecular weight is 408 g/mol. The molecule has 0 saturated carbocycles. The lowest BCUT2D eigenvalue weighted by Crippen LogP contribution is -1.94. The summed E-state index contributed by atoms with van der Waals surface area (Å²) in [4.78, 5) is 0. The van der Waals surface area contributed by atoms with Crippen LogP contribution in [0.25, 0.3) is 43.1 Å². The lowest BCUT2D eigenvalue weighted by molar-refractivity contribution is 0.576. The van der Waals surface area contributed by atoms with Gasteiger partial charge in [-0.15, -0.1) is 0 Å². The van der Waals surface area contributed by atoms with Gasteiger partial charge in [0, 0.05) is 5.69 Å². The lowest BCUT2D eigenvalue weighted by atomic mass is 9.87. The predicted octanol–water partition coefficient (Wildman–Crippen LogP) is 9.00. The molecular weight excluding hydrogens is 374 g/mol. The molecule has 0 spiro atoms. The quantitative estimate of drug-likeness (QED) is 0.112. The molecule has 158 valence electrons. The molecule has 5 rings (SSSR count). The summed E-state index contributed by atoms with van der Waals surface area (Å²) in [6.45, 7) is 2.28. The second-order valence-corrected chi connectivity index (χ2v) is 9.20. The molecule has 0 saturated heterocycles. The van der Waals surface area contributed by atoms with Crippen molar-refractivity contribution in [2.45, 2.75) is 64.7 Å². The number of fused-ring (bicyclic) bond motifs is 2. The van der Waals surface area contributed by atoms with Gasteiger partial charge in [0.2, 0.25) is 0 Å². The van der Waals surface area contributed by atoms with E-state index in [0.29, 0.717) is 0 Å². The molecule has 0 aromatic heterocycles. The number of hydrogen-bond donors (Lipinski definition) is 1. The van der Waals surface area contributed by atoms with E-state index in [2.05, 4.69) is 67.6 Å². The summed E-state index contributed by atoms with van der Waals surface area (Å²) in [6.07, 6.45) is 12.0. The van der Waals surface area contributed by atoms with E-state index < -0.39 is 0 Å². The molecule has 31 heavy (non-hydrogen) atoms. The topological polar surface area (TPSA) is 26.0 Å². The van der Waals surface area contributed by atoms with Gasteiger partial charge in [-0.25, -0.2) is 0 Å². The molecule has 0 aliphatic carbocycles. The fraction of sp³-hybridized carbons (Fsp3) is 0.333. The number of nitrogen functional groups attached to an aromatic ring is 1. The Morgan fingerprint density at radius 1 is 0.581 bits per heavy atom. The lowest BCUT2D eigenvalue weighted by Gasteiger charge is -2.17. The highest BCUT2D eigenvalue weighted by Crippen LogP contribution is 2.42. The Balaban J connectivity index is 1.50. The Bertz CT molecular complexity index is 1330. The van der Waals surface area contributed by atoms with Gasteiger partial charge in [0.15, 0.2) is 0 Å². The fourth-order valence-corrected chi connectivity index (χ4v) is 5.46. The van der Waals surface area contributed by atoms with Crippen LogP contribution in [0.1, 0.15) is 63.9 Å². The van der Waals surface area contributed by atoms with Crippen molar-refractivity contribution in [1.29, 1.82) is 0 Å². The summed E-state index contributed by atoms with van der Waals surface area (Å²) in [5.41, 5.74) is 8.74. The van der Waals surface area contributed by atoms with Gasteiger partial charge in [-0.3, -0.25) is 0 Å². The van der Waals surface area contributed by atoms with E-state index in [-0.39, 0.29) is 0 Å². The largest absolute Gasteiger partial charge is 0.399 e. The number of nitrogens with two attached hydrogens (primary N) is 1. The zero-order chi connectivity index (χ0) is 21.2. The van der Waals surface area contributed by atoms with Crippen molar-refractivity contribution in [2.24, 2.45) is 0 Å². The highest BCUT2D eigenvalue weighted by Gasteiger charge is 2.15. The van der Waals surface area contributed by atoms with Gasteiger partial charge in [-0.05, 0) is 73.6 Å². The first-order valence-corrected chi connectivity index (χ1v) is 12.2. The highest BCUT2D eigenvalue weighted by atomic mass is 14.5. The Kier molecular flexibility index (Phi) is 5.68. The van der Waals surface area contributed by atoms with E-state index in [1.54, 1.807) is 0 Å². The van der Waals surface area contributed by atoms with Crippen LogP contribution < -0.4 is 5.73 Å². The van der Waals surface area contributed by atoms with Crippen molar-refractivity contribution < 1.29 is 0 Å². The van der Waals surface area contributed by atoms with E-state index >= 15 is 0 Å². The average Bonchev–Trinajstić information content (AvgIpc) is 2.79. The number of benzene rings is 5. The van der Waals surface area contributed by atoms with E-state index in [9.17, 15) is 0 Å². The second-order valence-electron chi connectivity index (χ2n) is 9.20. The Labute approximate surface area is 185 Å². The predicted molar refractivity (Wildman–Crippen MR) is 138 cm³/mol. The number of rotatable bonds is 9. The van der Waals surface area contributed by atoms with Crippen molar-refractivity contribution in [3.63, 3.8) is 0 Å². The minimum Gasteiger partial charge on any atom is -0.399 e. The summed E-state index contributed by atoms with van der Waals surface area (Å²) < 4.78 is 0. The summed E-state index contributed by atoms with van der Waals surface area (Å²) in [5, 5.41) is 10.7. The van der Waals surface area contributed by atoms with Gasteiger partial charge in [-0.2, -0.15) is 0 Å². The zero-order valence-corrected chi connectivity index (χ0v) is 18.7. The van der Waals surface area contributed by atoms with E-state index in [1.807, 2.05) is 0 Å². The summed E-state index contributed by atoms with van der Waals surface area (Å²) in [7, 11) is 0. The summed E-state index contributed by atoms with van der Waals surface area (Å²) in [5.74, 6) is 0. The number of anilines is 1. The standard InChI is InChI=1S/C30H33N/c1-2-3-4-5-6-7-8-9-12-21-17-18-26-24-15-10-13-22-14-11-16-25(29(22)24)28-20-23(31)19-27(21)30(26)28/h10-11,13-20H,2-9,12,31H2,1H3. The van der Waals surface area contributed by atoms with Gasteiger partial charge >= 0.3 is 0 Å². The SMILES string of the molecule is CCCCCCCCCCc1ccc2c3cccc4cccc(c5cc(N)cc1c25)c43. The second kappa shape index (κ2) is 8.75. The number of unbranched alkanes of at least 4 members (excludes halogenated alkanes) is 7. The summed E-state index contributed by atoms with van der Waals surface area (Å²) >= 11 is 0. The van der Waals surface area contributed by atoms with E-state index in [0.717, 1.165) is 12.1 Å². The number of aryl methyl sites for hydroxylation is 1. The molecule has 5 aromatic carbocycles. The molecule has 0 aliphatic rings. The van der Waals surface area contributed by atoms with Crippen molar-refractivity contribution in [1.82, 2.24) is 0 Å². The zero-order valence-electron chi connectivity index (χ0n) is 18.7. The van der Waals surface area contributed by atoms with Crippen LogP contribution in [0.5, 0.6) is 0 Å². The smallest absolute Gasteiger partial charge is 0.0326 e. The van der Waals surface area contributed by atoms with Crippen molar-refractivity contribution >= 4 is 48.8 Å².